The summed E-state index contributed by atoms with van der Waals surface area (Å²) in [6, 6.07) is 66.2. The van der Waals surface area contributed by atoms with Crippen LogP contribution in [0, 0.1) is 0 Å². The topological polar surface area (TPSA) is 59.8 Å². The Morgan fingerprint density at radius 3 is 1.75 bits per heavy atom. The van der Waals surface area contributed by atoms with Crippen molar-refractivity contribution in [2.45, 2.75) is 6.17 Å². The van der Waals surface area contributed by atoms with Gasteiger partial charge < -0.3 is 14.3 Å². The summed E-state index contributed by atoms with van der Waals surface area (Å²) in [4.78, 5) is 10.5. The molecule has 0 aliphatic carbocycles. The van der Waals surface area contributed by atoms with Crippen molar-refractivity contribution < 1.29 is 4.42 Å². The third kappa shape index (κ3) is 4.97. The molecule has 6 nitrogen and oxygen atoms in total. The number of hydrogen-bond acceptors (Lipinski definition) is 4. The average molecular weight is 732 g/mol. The summed E-state index contributed by atoms with van der Waals surface area (Å²) in [5.74, 6) is 1.39. The first kappa shape index (κ1) is 31.6. The quantitative estimate of drug-likeness (QED) is 0.196. The van der Waals surface area contributed by atoms with Gasteiger partial charge in [-0.25, -0.2) is 4.99 Å². The lowest BCUT2D eigenvalue weighted by molar-refractivity contribution is 0.667. The molecule has 0 bridgehead atoms. The minimum absolute atomic E-state index is 0.331. The fourth-order valence-electron chi connectivity index (χ4n) is 8.74. The van der Waals surface area contributed by atoms with E-state index in [1.165, 1.54) is 32.7 Å². The molecule has 11 aromatic rings. The molecule has 268 valence electrons. The first-order chi connectivity index (χ1) is 28.2. The van der Waals surface area contributed by atoms with Gasteiger partial charge in [0, 0.05) is 49.6 Å². The third-order valence-corrected chi connectivity index (χ3v) is 11.4. The zero-order valence-electron chi connectivity index (χ0n) is 30.7. The molecule has 6 heteroatoms. The molecule has 57 heavy (non-hydrogen) atoms. The highest BCUT2D eigenvalue weighted by atomic mass is 16.3. The van der Waals surface area contributed by atoms with Gasteiger partial charge in [0.05, 0.1) is 22.1 Å². The van der Waals surface area contributed by atoms with E-state index in [-0.39, 0.29) is 6.17 Å². The number of amidine groups is 1. The molecule has 0 saturated carbocycles. The van der Waals surface area contributed by atoms with Crippen LogP contribution < -0.4 is 5.32 Å². The van der Waals surface area contributed by atoms with Crippen molar-refractivity contribution in [3.8, 4) is 16.8 Å². The van der Waals surface area contributed by atoms with E-state index in [1.54, 1.807) is 0 Å². The maximum absolute atomic E-state index is 6.60. The summed E-state index contributed by atoms with van der Waals surface area (Å²) in [5, 5.41) is 10.5. The Balaban J connectivity index is 0.987. The van der Waals surface area contributed by atoms with Crippen LogP contribution >= 0.6 is 0 Å². The van der Waals surface area contributed by atoms with Crippen molar-refractivity contribution in [2.75, 3.05) is 0 Å². The number of aromatic nitrogens is 2. The SMILES string of the molecule is c1ccc(-c2ccc3c(c2)c2ccccc2n3-c2ccc3c(c2)oc2ccc(C4=NC(n5c6ccccc6c6ccccc65)=NC(c5ccccc5)N4)cc23)cc1. The van der Waals surface area contributed by atoms with Crippen molar-refractivity contribution in [1.82, 2.24) is 14.5 Å². The molecule has 0 radical (unpaired) electrons. The van der Waals surface area contributed by atoms with Crippen LogP contribution in [0.4, 0.5) is 0 Å². The largest absolute Gasteiger partial charge is 0.456 e. The highest BCUT2D eigenvalue weighted by Gasteiger charge is 2.24. The summed E-state index contributed by atoms with van der Waals surface area (Å²) in [5.41, 5.74) is 11.6. The van der Waals surface area contributed by atoms with Gasteiger partial charge in [0.1, 0.15) is 23.2 Å². The number of aliphatic imine (C=N–C) groups is 2. The van der Waals surface area contributed by atoms with Gasteiger partial charge in [-0.1, -0.05) is 121 Å². The van der Waals surface area contributed by atoms with Crippen molar-refractivity contribution in [1.29, 1.82) is 0 Å². The van der Waals surface area contributed by atoms with E-state index in [1.807, 2.05) is 6.07 Å². The molecule has 0 amide bonds. The van der Waals surface area contributed by atoms with E-state index in [0.717, 1.165) is 66.7 Å². The molecule has 3 aromatic heterocycles. The Kier molecular flexibility index (Phi) is 6.89. The molecule has 12 rings (SSSR count). The van der Waals surface area contributed by atoms with Gasteiger partial charge in [0.15, 0.2) is 0 Å². The number of benzene rings is 8. The molecule has 1 unspecified atom stereocenters. The fourth-order valence-corrected chi connectivity index (χ4v) is 8.74. The summed E-state index contributed by atoms with van der Waals surface area (Å²) >= 11 is 0. The van der Waals surface area contributed by atoms with Crippen LogP contribution in [-0.4, -0.2) is 20.9 Å². The Morgan fingerprint density at radius 2 is 1.02 bits per heavy atom. The number of nitrogens with one attached hydrogen (secondary N) is 1. The van der Waals surface area contributed by atoms with Crippen molar-refractivity contribution >= 4 is 77.3 Å². The van der Waals surface area contributed by atoms with E-state index in [9.17, 15) is 0 Å². The van der Waals surface area contributed by atoms with E-state index in [2.05, 4.69) is 196 Å². The molecular weight excluding hydrogens is 699 g/mol. The first-order valence-electron chi connectivity index (χ1n) is 19.3. The Morgan fingerprint density at radius 1 is 0.421 bits per heavy atom. The molecule has 0 saturated heterocycles. The lowest BCUT2D eigenvalue weighted by Gasteiger charge is -2.24. The average Bonchev–Trinajstić information content (AvgIpc) is 3.93. The minimum Gasteiger partial charge on any atom is -0.456 e. The molecule has 1 aliphatic rings. The Bertz CT molecular complexity index is 3390. The molecular formula is C51H33N5O. The summed E-state index contributed by atoms with van der Waals surface area (Å²) in [6.07, 6.45) is -0.331. The van der Waals surface area contributed by atoms with Crippen LogP contribution in [0.1, 0.15) is 17.3 Å². The van der Waals surface area contributed by atoms with E-state index >= 15 is 0 Å². The number of rotatable bonds is 4. The van der Waals surface area contributed by atoms with Crippen molar-refractivity contribution in [2.24, 2.45) is 9.98 Å². The normalized spacial score (nSPS) is 14.5. The van der Waals surface area contributed by atoms with Gasteiger partial charge in [-0.05, 0) is 77.4 Å². The lowest BCUT2D eigenvalue weighted by Crippen LogP contribution is -2.35. The smallest absolute Gasteiger partial charge is 0.234 e. The summed E-state index contributed by atoms with van der Waals surface area (Å²) in [6.45, 7) is 0. The molecule has 0 spiro atoms. The molecule has 0 fully saturated rings. The summed E-state index contributed by atoms with van der Waals surface area (Å²) < 4.78 is 11.1. The number of nitrogens with zero attached hydrogens (tertiary/aromatic N) is 4. The van der Waals surface area contributed by atoms with E-state index in [0.29, 0.717) is 5.96 Å². The maximum atomic E-state index is 6.60. The summed E-state index contributed by atoms with van der Waals surface area (Å²) in [7, 11) is 0. The van der Waals surface area contributed by atoms with Crippen LogP contribution in [0.25, 0.3) is 82.4 Å². The standard InChI is InChI=1S/C51H33N5O/c1-3-13-32(14-4-1)34-23-27-46-41(29-34)39-19-9-10-20-43(39)55(46)36-25-26-40-42-30-35(24-28-47(42)57-48(40)31-36)50-52-49(33-15-5-2-6-16-33)53-51(54-50)56-44-21-11-7-17-37(44)38-18-8-12-22-45(38)56/h1-31,49H,(H,52,53,54). The predicted octanol–water partition coefficient (Wildman–Crippen LogP) is 12.4. The van der Waals surface area contributed by atoms with E-state index in [4.69, 9.17) is 14.4 Å². The highest BCUT2D eigenvalue weighted by molar-refractivity contribution is 6.18. The van der Waals surface area contributed by atoms with E-state index < -0.39 is 0 Å². The fraction of sp³-hybridized carbons (Fsp3) is 0.0196. The molecule has 1 aliphatic heterocycles. The number of hydrogen-bond donors (Lipinski definition) is 1. The van der Waals surface area contributed by atoms with Gasteiger partial charge >= 0.3 is 0 Å². The van der Waals surface area contributed by atoms with Crippen LogP contribution in [-0.2, 0) is 0 Å². The van der Waals surface area contributed by atoms with Gasteiger partial charge in [-0.3, -0.25) is 4.57 Å². The van der Waals surface area contributed by atoms with Gasteiger partial charge in [-0.15, -0.1) is 0 Å². The molecule has 4 heterocycles. The Labute approximate surface area is 327 Å². The van der Waals surface area contributed by atoms with Crippen molar-refractivity contribution in [3.05, 3.63) is 199 Å². The highest BCUT2D eigenvalue weighted by Crippen LogP contribution is 2.38. The number of para-hydroxylation sites is 3. The third-order valence-electron chi connectivity index (χ3n) is 11.4. The second-order valence-electron chi connectivity index (χ2n) is 14.7. The van der Waals surface area contributed by atoms with Crippen LogP contribution in [0.5, 0.6) is 0 Å². The van der Waals surface area contributed by atoms with Gasteiger partial charge in [-0.2, -0.15) is 4.99 Å². The van der Waals surface area contributed by atoms with Crippen LogP contribution in [0.2, 0.25) is 0 Å². The Hall–Kier alpha value is -7.70. The maximum Gasteiger partial charge on any atom is 0.234 e. The second-order valence-corrected chi connectivity index (χ2v) is 14.7. The predicted molar refractivity (Wildman–Crippen MR) is 235 cm³/mol. The zero-order chi connectivity index (χ0) is 37.5. The van der Waals surface area contributed by atoms with Gasteiger partial charge in [0.25, 0.3) is 0 Å². The molecule has 8 aromatic carbocycles. The van der Waals surface area contributed by atoms with Gasteiger partial charge in [0.2, 0.25) is 5.96 Å². The number of fused-ring (bicyclic) bond motifs is 9. The zero-order valence-corrected chi connectivity index (χ0v) is 30.7. The molecule has 1 atom stereocenters. The first-order valence-corrected chi connectivity index (χ1v) is 19.3. The van der Waals surface area contributed by atoms with Crippen LogP contribution in [0.15, 0.2) is 202 Å². The minimum atomic E-state index is -0.331. The van der Waals surface area contributed by atoms with Crippen molar-refractivity contribution in [3.63, 3.8) is 0 Å². The monoisotopic (exact) mass is 731 g/mol. The van der Waals surface area contributed by atoms with Crippen LogP contribution in [0.3, 0.4) is 0 Å². The second kappa shape index (κ2) is 12.4. The number of furan rings is 1. The lowest BCUT2D eigenvalue weighted by atomic mass is 10.0. The molecule has 1 N–H and O–H groups in total.